The van der Waals surface area contributed by atoms with Crippen molar-refractivity contribution >= 4 is 29.4 Å². The highest BCUT2D eigenvalue weighted by atomic mass is 32.2. The highest BCUT2D eigenvalue weighted by Crippen LogP contribution is 2.54. The van der Waals surface area contributed by atoms with E-state index in [2.05, 4.69) is 0 Å². The lowest BCUT2D eigenvalue weighted by Gasteiger charge is -2.33. The number of amides is 1. The fourth-order valence-corrected chi connectivity index (χ4v) is 4.90. The molecule has 2 aliphatic heterocycles. The van der Waals surface area contributed by atoms with Crippen LogP contribution in [0.4, 0.5) is 0 Å². The Balaban J connectivity index is 1.77. The van der Waals surface area contributed by atoms with E-state index >= 15 is 0 Å². The van der Waals surface area contributed by atoms with Gasteiger partial charge >= 0.3 is 5.97 Å². The molecule has 2 saturated heterocycles. The summed E-state index contributed by atoms with van der Waals surface area (Å²) in [5.41, 5.74) is 0.481. The van der Waals surface area contributed by atoms with E-state index in [-0.39, 0.29) is 18.3 Å². The smallest absolute Gasteiger partial charge is 0.330 e. The van der Waals surface area contributed by atoms with Crippen LogP contribution in [0.25, 0.3) is 0 Å². The summed E-state index contributed by atoms with van der Waals surface area (Å²) < 4.78 is 5.26. The summed E-state index contributed by atoms with van der Waals surface area (Å²) in [5, 5.41) is 0. The van der Waals surface area contributed by atoms with E-state index in [1.807, 2.05) is 30.3 Å². The van der Waals surface area contributed by atoms with Crippen molar-refractivity contribution in [3.63, 3.8) is 0 Å². The molecule has 0 radical (unpaired) electrons. The maximum atomic E-state index is 12.6. The summed E-state index contributed by atoms with van der Waals surface area (Å²) in [7, 11) is 0. The number of thioether (sulfide) groups is 1. The number of ketones is 1. The summed E-state index contributed by atoms with van der Waals surface area (Å²) in [4.78, 5) is 38.2. The first-order chi connectivity index (χ1) is 11.8. The lowest BCUT2D eigenvalue weighted by atomic mass is 9.91. The van der Waals surface area contributed by atoms with E-state index in [0.717, 1.165) is 5.56 Å². The molecule has 1 aromatic carbocycles. The number of rotatable bonds is 4. The molecule has 2 heterocycles. The van der Waals surface area contributed by atoms with Crippen LogP contribution in [0.3, 0.4) is 0 Å². The molecule has 0 N–H and O–H groups in total. The summed E-state index contributed by atoms with van der Waals surface area (Å²) in [6, 6.07) is 9.18. The predicted molar refractivity (Wildman–Crippen MR) is 95.9 cm³/mol. The summed E-state index contributed by atoms with van der Waals surface area (Å²) >= 11 is 1.61. The third kappa shape index (κ3) is 3.19. The van der Waals surface area contributed by atoms with E-state index in [9.17, 15) is 14.4 Å². The Morgan fingerprint density at radius 2 is 1.96 bits per heavy atom. The van der Waals surface area contributed by atoms with Crippen LogP contribution >= 0.6 is 11.8 Å². The molecule has 0 bridgehead atoms. The number of hydrogen-bond acceptors (Lipinski definition) is 5. The largest absolute Gasteiger partial charge is 0.456 e. The Kier molecular flexibility index (Phi) is 4.66. The first kappa shape index (κ1) is 18.0. The van der Waals surface area contributed by atoms with Gasteiger partial charge in [0.25, 0.3) is 0 Å². The van der Waals surface area contributed by atoms with Gasteiger partial charge in [-0.25, -0.2) is 4.79 Å². The van der Waals surface area contributed by atoms with E-state index < -0.39 is 22.3 Å². The second-order valence-electron chi connectivity index (χ2n) is 7.52. The van der Waals surface area contributed by atoms with Crippen molar-refractivity contribution in [3.8, 4) is 0 Å². The minimum atomic E-state index is -0.632. The molecule has 6 heteroatoms. The Morgan fingerprint density at radius 3 is 2.60 bits per heavy atom. The second-order valence-corrected chi connectivity index (χ2v) is 8.82. The highest BCUT2D eigenvalue weighted by molar-refractivity contribution is 8.00. The van der Waals surface area contributed by atoms with Gasteiger partial charge in [0.1, 0.15) is 10.9 Å². The molecule has 0 aliphatic carbocycles. The van der Waals surface area contributed by atoms with Gasteiger partial charge in [0.2, 0.25) is 5.91 Å². The molecule has 2 atom stereocenters. The molecule has 0 unspecified atom stereocenters. The topological polar surface area (TPSA) is 63.7 Å². The van der Waals surface area contributed by atoms with Crippen molar-refractivity contribution in [2.24, 2.45) is 5.41 Å². The molecule has 5 nitrogen and oxygen atoms in total. The van der Waals surface area contributed by atoms with E-state index in [0.29, 0.717) is 18.6 Å². The Hall–Kier alpha value is -1.82. The van der Waals surface area contributed by atoms with Crippen LogP contribution in [0.2, 0.25) is 0 Å². The molecule has 0 aromatic heterocycles. The van der Waals surface area contributed by atoms with Gasteiger partial charge < -0.3 is 9.64 Å². The number of nitrogens with zero attached hydrogens (tertiary/aromatic N) is 1. The molecule has 25 heavy (non-hydrogen) atoms. The van der Waals surface area contributed by atoms with Crippen molar-refractivity contribution in [1.29, 1.82) is 0 Å². The number of hydrogen-bond donors (Lipinski definition) is 0. The average molecular weight is 361 g/mol. The molecule has 3 rings (SSSR count). The molecule has 134 valence electrons. The zero-order valence-electron chi connectivity index (χ0n) is 14.8. The Labute approximate surface area is 152 Å². The van der Waals surface area contributed by atoms with Crippen molar-refractivity contribution in [3.05, 3.63) is 35.9 Å². The van der Waals surface area contributed by atoms with Crippen LogP contribution in [-0.4, -0.2) is 41.0 Å². The van der Waals surface area contributed by atoms with Crippen molar-refractivity contribution in [1.82, 2.24) is 4.90 Å². The van der Waals surface area contributed by atoms with Gasteiger partial charge in [0.15, 0.2) is 12.4 Å². The zero-order chi connectivity index (χ0) is 18.2. The van der Waals surface area contributed by atoms with Gasteiger partial charge in [-0.05, 0) is 12.0 Å². The van der Waals surface area contributed by atoms with Crippen LogP contribution in [0, 0.1) is 5.41 Å². The second kappa shape index (κ2) is 6.48. The first-order valence-electron chi connectivity index (χ1n) is 8.47. The van der Waals surface area contributed by atoms with Crippen LogP contribution in [0.15, 0.2) is 30.3 Å². The first-order valence-corrected chi connectivity index (χ1v) is 9.46. The Bertz CT molecular complexity index is 697. The monoisotopic (exact) mass is 361 g/mol. The number of ether oxygens (including phenoxy) is 1. The number of Topliss-reactive ketones (excluding diaryl/α,β-unsaturated/α-hetero) is 1. The minimum Gasteiger partial charge on any atom is -0.456 e. The lowest BCUT2D eigenvalue weighted by Crippen LogP contribution is -2.47. The normalized spacial score (nSPS) is 25.8. The van der Waals surface area contributed by atoms with Gasteiger partial charge in [-0.3, -0.25) is 9.59 Å². The fraction of sp³-hybridized carbons (Fsp3) is 0.526. The van der Waals surface area contributed by atoms with Crippen molar-refractivity contribution < 1.29 is 19.1 Å². The van der Waals surface area contributed by atoms with E-state index in [1.165, 1.54) is 0 Å². The van der Waals surface area contributed by atoms with Gasteiger partial charge in [0.05, 0.1) is 0 Å². The van der Waals surface area contributed by atoms with Gasteiger partial charge in [0, 0.05) is 17.6 Å². The predicted octanol–water partition coefficient (Wildman–Crippen LogP) is 2.74. The maximum Gasteiger partial charge on any atom is 0.330 e. The van der Waals surface area contributed by atoms with Crippen molar-refractivity contribution in [2.45, 2.75) is 44.5 Å². The fourth-order valence-electron chi connectivity index (χ4n) is 3.27. The number of fused-ring (bicyclic) bond motifs is 1. The molecular weight excluding hydrogens is 338 g/mol. The lowest BCUT2D eigenvalue weighted by molar-refractivity contribution is -0.157. The van der Waals surface area contributed by atoms with Crippen molar-refractivity contribution in [2.75, 3.05) is 12.4 Å². The molecule has 1 aromatic rings. The van der Waals surface area contributed by atoms with Gasteiger partial charge in [-0.1, -0.05) is 51.1 Å². The summed E-state index contributed by atoms with van der Waals surface area (Å²) in [5.74, 6) is -0.159. The molecule has 1 amide bonds. The van der Waals surface area contributed by atoms with Crippen LogP contribution in [0.5, 0.6) is 0 Å². The van der Waals surface area contributed by atoms with Gasteiger partial charge in [-0.2, -0.15) is 0 Å². The quantitative estimate of drug-likeness (QED) is 0.772. The molecule has 0 saturated carbocycles. The number of benzene rings is 1. The number of carbonyl (C=O) groups excluding carboxylic acids is 3. The highest BCUT2D eigenvalue weighted by Gasteiger charge is 2.57. The van der Waals surface area contributed by atoms with E-state index in [1.54, 1.807) is 37.4 Å². The average Bonchev–Trinajstić information content (AvgIpc) is 3.12. The molecule has 2 aliphatic rings. The standard InChI is InChI=1S/C19H23NO4S/c1-18(2,3)15(21)11-24-17(23)14-12-25-19(10-9-16(22)20(14)19)13-7-5-4-6-8-13/h4-8,14H,9-12H2,1-3H3/t14-,19+/m1/s1. The van der Waals surface area contributed by atoms with Crippen LogP contribution in [0.1, 0.15) is 39.2 Å². The summed E-state index contributed by atoms with van der Waals surface area (Å²) in [6.07, 6.45) is 1.11. The Morgan fingerprint density at radius 1 is 1.28 bits per heavy atom. The zero-order valence-corrected chi connectivity index (χ0v) is 15.6. The molecule has 2 fully saturated rings. The maximum absolute atomic E-state index is 12.6. The summed E-state index contributed by atoms with van der Waals surface area (Å²) in [6.45, 7) is 5.13. The number of carbonyl (C=O) groups is 3. The third-order valence-corrected chi connectivity index (χ3v) is 6.40. The third-order valence-electron chi connectivity index (χ3n) is 4.81. The molecule has 0 spiro atoms. The van der Waals surface area contributed by atoms with E-state index in [4.69, 9.17) is 4.74 Å². The minimum absolute atomic E-state index is 0.0297. The SMILES string of the molecule is CC(C)(C)C(=O)COC(=O)[C@H]1CS[C@]2(c3ccccc3)CCC(=O)N12. The molecular formula is C19H23NO4S. The van der Waals surface area contributed by atoms with Crippen LogP contribution in [-0.2, 0) is 24.0 Å². The van der Waals surface area contributed by atoms with Gasteiger partial charge in [-0.15, -0.1) is 11.8 Å². The number of esters is 1. The van der Waals surface area contributed by atoms with Crippen LogP contribution < -0.4 is 0 Å².